The molecule has 0 spiro atoms. The Hall–Kier alpha value is -0.790. The van der Waals surface area contributed by atoms with Crippen LogP contribution in [0.5, 0.6) is 0 Å². The van der Waals surface area contributed by atoms with Gasteiger partial charge in [0.2, 0.25) is 0 Å². The van der Waals surface area contributed by atoms with Crippen LogP contribution in [0.25, 0.3) is 0 Å². The van der Waals surface area contributed by atoms with E-state index in [1.54, 1.807) is 6.20 Å². The normalized spacial score (nSPS) is 8.30. The van der Waals surface area contributed by atoms with Crippen molar-refractivity contribution in [3.63, 3.8) is 0 Å². The Labute approximate surface area is 62.9 Å². The van der Waals surface area contributed by atoms with E-state index in [4.69, 9.17) is 0 Å². The molecule has 0 saturated heterocycles. The smallest absolute Gasteiger partial charge is 0.0489 e. The summed E-state index contributed by atoms with van der Waals surface area (Å²) < 4.78 is 1.93. The second-order valence-electron chi connectivity index (χ2n) is 1.77. The Morgan fingerprint density at radius 3 is 2.50 bits per heavy atom. The van der Waals surface area contributed by atoms with Crippen molar-refractivity contribution in [1.29, 1.82) is 0 Å². The highest BCUT2D eigenvalue weighted by Gasteiger charge is 1.82. The lowest BCUT2D eigenvalue weighted by molar-refractivity contribution is 0.603. The molecule has 1 rings (SSSR count). The molecular formula is C8H16N2. The first-order valence-corrected chi connectivity index (χ1v) is 3.91. The summed E-state index contributed by atoms with van der Waals surface area (Å²) in [6.07, 6.45) is 4.93. The zero-order valence-corrected chi connectivity index (χ0v) is 7.04. The van der Waals surface area contributed by atoms with Crippen molar-refractivity contribution < 1.29 is 0 Å². The van der Waals surface area contributed by atoms with E-state index in [2.05, 4.69) is 12.0 Å². The molecule has 2 heteroatoms. The molecule has 2 nitrogen and oxygen atoms in total. The Kier molecular flexibility index (Phi) is 5.83. The van der Waals surface area contributed by atoms with Gasteiger partial charge >= 0.3 is 0 Å². The van der Waals surface area contributed by atoms with Gasteiger partial charge in [0.25, 0.3) is 0 Å². The maximum Gasteiger partial charge on any atom is 0.0489 e. The number of aromatic nitrogens is 2. The summed E-state index contributed by atoms with van der Waals surface area (Å²) in [6.45, 7) is 7.18. The van der Waals surface area contributed by atoms with Crippen LogP contribution in [0.3, 0.4) is 0 Å². The number of aryl methyl sites for hydroxylation is 1. The van der Waals surface area contributed by atoms with Crippen LogP contribution in [0.2, 0.25) is 0 Å². The van der Waals surface area contributed by atoms with Crippen LogP contribution in [0.1, 0.15) is 27.2 Å². The number of rotatable bonds is 2. The summed E-state index contributed by atoms with van der Waals surface area (Å²) in [5.41, 5.74) is 0. The van der Waals surface area contributed by atoms with Gasteiger partial charge in [-0.25, -0.2) is 0 Å². The van der Waals surface area contributed by atoms with Crippen molar-refractivity contribution in [2.45, 2.75) is 33.7 Å². The highest BCUT2D eigenvalue weighted by atomic mass is 15.3. The first kappa shape index (κ1) is 9.21. The molecule has 0 radical (unpaired) electrons. The lowest BCUT2D eigenvalue weighted by Crippen LogP contribution is -1.95. The predicted octanol–water partition coefficient (Wildman–Crippen LogP) is 2.32. The van der Waals surface area contributed by atoms with E-state index in [0.717, 1.165) is 13.0 Å². The molecule has 0 N–H and O–H groups in total. The van der Waals surface area contributed by atoms with Crippen LogP contribution in [0.15, 0.2) is 18.5 Å². The SMILES string of the molecule is CC.CCCn1cccn1. The first-order valence-electron chi connectivity index (χ1n) is 3.91. The maximum absolute atomic E-state index is 4.02. The summed E-state index contributed by atoms with van der Waals surface area (Å²) in [5.74, 6) is 0. The predicted molar refractivity (Wildman–Crippen MR) is 43.9 cm³/mol. The fourth-order valence-corrected chi connectivity index (χ4v) is 0.662. The van der Waals surface area contributed by atoms with Gasteiger partial charge in [-0.3, -0.25) is 4.68 Å². The van der Waals surface area contributed by atoms with Gasteiger partial charge < -0.3 is 0 Å². The molecule has 0 saturated carbocycles. The van der Waals surface area contributed by atoms with Crippen LogP contribution in [-0.4, -0.2) is 9.78 Å². The number of nitrogens with zero attached hydrogens (tertiary/aromatic N) is 2. The van der Waals surface area contributed by atoms with Crippen molar-refractivity contribution >= 4 is 0 Å². The summed E-state index contributed by atoms with van der Waals surface area (Å²) >= 11 is 0. The van der Waals surface area contributed by atoms with Gasteiger partial charge in [-0.2, -0.15) is 5.10 Å². The van der Waals surface area contributed by atoms with E-state index in [9.17, 15) is 0 Å². The molecule has 0 amide bonds. The van der Waals surface area contributed by atoms with Crippen LogP contribution in [-0.2, 0) is 6.54 Å². The van der Waals surface area contributed by atoms with Crippen LogP contribution in [0.4, 0.5) is 0 Å². The van der Waals surface area contributed by atoms with Crippen LogP contribution >= 0.6 is 0 Å². The zero-order valence-electron chi connectivity index (χ0n) is 7.04. The summed E-state index contributed by atoms with van der Waals surface area (Å²) in [7, 11) is 0. The van der Waals surface area contributed by atoms with Crippen molar-refractivity contribution in [3.05, 3.63) is 18.5 Å². The van der Waals surface area contributed by atoms with E-state index in [0.29, 0.717) is 0 Å². The van der Waals surface area contributed by atoms with Crippen molar-refractivity contribution in [2.24, 2.45) is 0 Å². The molecule has 0 fully saturated rings. The number of hydrogen-bond acceptors (Lipinski definition) is 1. The van der Waals surface area contributed by atoms with Crippen molar-refractivity contribution in [2.75, 3.05) is 0 Å². The van der Waals surface area contributed by atoms with E-state index in [-0.39, 0.29) is 0 Å². The third kappa shape index (κ3) is 3.28. The second-order valence-corrected chi connectivity index (χ2v) is 1.77. The van der Waals surface area contributed by atoms with Gasteiger partial charge in [0, 0.05) is 18.9 Å². The lowest BCUT2D eigenvalue weighted by Gasteiger charge is -1.92. The van der Waals surface area contributed by atoms with E-state index in [1.807, 2.05) is 30.8 Å². The van der Waals surface area contributed by atoms with Gasteiger partial charge in [0.1, 0.15) is 0 Å². The standard InChI is InChI=1S/C6H10N2.C2H6/c1-2-5-8-6-3-4-7-8;1-2/h3-4,6H,2,5H2,1H3;1-2H3. The minimum Gasteiger partial charge on any atom is -0.273 e. The molecule has 1 heterocycles. The Bertz CT molecular complexity index is 133. The van der Waals surface area contributed by atoms with Gasteiger partial charge in [-0.15, -0.1) is 0 Å². The monoisotopic (exact) mass is 140 g/mol. The quantitative estimate of drug-likeness (QED) is 0.616. The molecule has 0 unspecified atom stereocenters. The summed E-state index contributed by atoms with van der Waals surface area (Å²) in [5, 5.41) is 4.02. The molecule has 0 aliphatic rings. The molecule has 0 bridgehead atoms. The summed E-state index contributed by atoms with van der Waals surface area (Å²) in [4.78, 5) is 0. The largest absolute Gasteiger partial charge is 0.273 e. The fourth-order valence-electron chi connectivity index (χ4n) is 0.662. The average molecular weight is 140 g/mol. The molecule has 0 aliphatic carbocycles. The minimum atomic E-state index is 1.03. The molecule has 0 atom stereocenters. The molecule has 58 valence electrons. The summed E-state index contributed by atoms with van der Waals surface area (Å²) in [6, 6.07) is 1.94. The molecule has 10 heavy (non-hydrogen) atoms. The van der Waals surface area contributed by atoms with E-state index >= 15 is 0 Å². The molecule has 0 aliphatic heterocycles. The molecule has 0 aromatic carbocycles. The van der Waals surface area contributed by atoms with Gasteiger partial charge in [0.15, 0.2) is 0 Å². The minimum absolute atomic E-state index is 1.03. The Morgan fingerprint density at radius 2 is 2.10 bits per heavy atom. The Balaban J connectivity index is 0.000000371. The highest BCUT2D eigenvalue weighted by molar-refractivity contribution is 4.77. The van der Waals surface area contributed by atoms with E-state index < -0.39 is 0 Å². The average Bonchev–Trinajstić information content (AvgIpc) is 2.46. The Morgan fingerprint density at radius 1 is 1.40 bits per heavy atom. The highest BCUT2D eigenvalue weighted by Crippen LogP contribution is 1.85. The van der Waals surface area contributed by atoms with Crippen molar-refractivity contribution in [3.8, 4) is 0 Å². The van der Waals surface area contributed by atoms with Gasteiger partial charge in [-0.1, -0.05) is 20.8 Å². The van der Waals surface area contributed by atoms with E-state index in [1.165, 1.54) is 0 Å². The topological polar surface area (TPSA) is 17.8 Å². The van der Waals surface area contributed by atoms with Gasteiger partial charge in [0.05, 0.1) is 0 Å². The first-order chi connectivity index (χ1) is 4.93. The maximum atomic E-state index is 4.02. The van der Waals surface area contributed by atoms with Crippen LogP contribution < -0.4 is 0 Å². The number of hydrogen-bond donors (Lipinski definition) is 0. The molecular weight excluding hydrogens is 124 g/mol. The lowest BCUT2D eigenvalue weighted by atomic mass is 10.5. The fraction of sp³-hybridized carbons (Fsp3) is 0.625. The molecule has 1 aromatic rings. The van der Waals surface area contributed by atoms with Gasteiger partial charge in [-0.05, 0) is 12.5 Å². The second kappa shape index (κ2) is 6.33. The third-order valence-corrected chi connectivity index (χ3v) is 1.01. The van der Waals surface area contributed by atoms with Crippen LogP contribution in [0, 0.1) is 0 Å². The third-order valence-electron chi connectivity index (χ3n) is 1.01. The molecule has 1 aromatic heterocycles. The zero-order chi connectivity index (χ0) is 7.82. The van der Waals surface area contributed by atoms with Crippen molar-refractivity contribution in [1.82, 2.24) is 9.78 Å².